The Morgan fingerprint density at radius 3 is 2.32 bits per heavy atom. The van der Waals surface area contributed by atoms with E-state index in [2.05, 4.69) is 78.2 Å². The fourth-order valence-electron chi connectivity index (χ4n) is 4.54. The number of hydrogen-bond acceptors (Lipinski definition) is 2. The van der Waals surface area contributed by atoms with Crippen molar-refractivity contribution >= 4 is 11.6 Å². The highest BCUT2D eigenvalue weighted by atomic mass is 16.2. The summed E-state index contributed by atoms with van der Waals surface area (Å²) in [7, 11) is 0. The fourth-order valence-corrected chi connectivity index (χ4v) is 4.54. The number of hydrogen-bond donors (Lipinski definition) is 0. The molecule has 0 atom stereocenters. The van der Waals surface area contributed by atoms with Gasteiger partial charge in [-0.1, -0.05) is 81.6 Å². The maximum atomic E-state index is 13.1. The van der Waals surface area contributed by atoms with Crippen molar-refractivity contribution in [3.63, 3.8) is 0 Å². The van der Waals surface area contributed by atoms with Gasteiger partial charge in [0.1, 0.15) is 0 Å². The molecule has 168 valence electrons. The lowest BCUT2D eigenvalue weighted by molar-refractivity contribution is -0.119. The van der Waals surface area contributed by atoms with E-state index in [4.69, 9.17) is 0 Å². The van der Waals surface area contributed by atoms with Crippen LogP contribution < -0.4 is 4.90 Å². The van der Waals surface area contributed by atoms with Crippen LogP contribution in [-0.4, -0.2) is 30.4 Å². The van der Waals surface area contributed by atoms with Gasteiger partial charge >= 0.3 is 0 Å². The van der Waals surface area contributed by atoms with Crippen molar-refractivity contribution in [1.29, 1.82) is 0 Å². The average Bonchev–Trinajstić information content (AvgIpc) is 2.75. The molecule has 0 radical (unpaired) electrons. The fraction of sp³-hybridized carbons (Fsp3) is 0.536. The monoisotopic (exact) mass is 420 g/mol. The number of benzene rings is 2. The molecule has 1 aliphatic heterocycles. The van der Waals surface area contributed by atoms with Gasteiger partial charge in [-0.3, -0.25) is 9.69 Å². The van der Waals surface area contributed by atoms with Gasteiger partial charge in [-0.05, 0) is 61.9 Å². The van der Waals surface area contributed by atoms with Gasteiger partial charge in [0, 0.05) is 25.2 Å². The van der Waals surface area contributed by atoms with Crippen LogP contribution in [0.4, 0.5) is 5.69 Å². The van der Waals surface area contributed by atoms with Crippen LogP contribution in [0.2, 0.25) is 0 Å². The molecule has 1 aliphatic rings. The SMILES string of the molecule is CC(C)CC(=O)N1CCCCCCCN(CCCc2ccccc2)Cc2ccccc21. The molecule has 1 heterocycles. The lowest BCUT2D eigenvalue weighted by Crippen LogP contribution is -2.35. The van der Waals surface area contributed by atoms with Crippen LogP contribution in [-0.2, 0) is 17.8 Å². The Bertz CT molecular complexity index is 787. The van der Waals surface area contributed by atoms with Gasteiger partial charge in [0.05, 0.1) is 0 Å². The predicted octanol–water partition coefficient (Wildman–Crippen LogP) is 6.46. The molecule has 2 aromatic rings. The lowest BCUT2D eigenvalue weighted by atomic mass is 10.0. The van der Waals surface area contributed by atoms with Crippen LogP contribution in [0, 0.1) is 5.92 Å². The second-order valence-electron chi connectivity index (χ2n) is 9.41. The van der Waals surface area contributed by atoms with Gasteiger partial charge in [-0.2, -0.15) is 0 Å². The van der Waals surface area contributed by atoms with Crippen molar-refractivity contribution in [3.05, 3.63) is 65.7 Å². The summed E-state index contributed by atoms with van der Waals surface area (Å²) in [5.41, 5.74) is 3.84. The molecular formula is C28H40N2O. The summed E-state index contributed by atoms with van der Waals surface area (Å²) in [6, 6.07) is 19.4. The van der Waals surface area contributed by atoms with Crippen molar-refractivity contribution in [2.24, 2.45) is 5.92 Å². The molecule has 3 heteroatoms. The van der Waals surface area contributed by atoms with Crippen molar-refractivity contribution in [2.75, 3.05) is 24.5 Å². The number of amides is 1. The van der Waals surface area contributed by atoms with Crippen LogP contribution in [0.15, 0.2) is 54.6 Å². The third-order valence-corrected chi connectivity index (χ3v) is 6.20. The Balaban J connectivity index is 1.74. The summed E-state index contributed by atoms with van der Waals surface area (Å²) in [5, 5.41) is 0. The summed E-state index contributed by atoms with van der Waals surface area (Å²) in [4.78, 5) is 17.8. The number of para-hydroxylation sites is 1. The maximum absolute atomic E-state index is 13.1. The third kappa shape index (κ3) is 7.81. The van der Waals surface area contributed by atoms with E-state index < -0.39 is 0 Å². The van der Waals surface area contributed by atoms with E-state index in [0.29, 0.717) is 12.3 Å². The third-order valence-electron chi connectivity index (χ3n) is 6.20. The van der Waals surface area contributed by atoms with Crippen LogP contribution in [0.1, 0.15) is 69.9 Å². The summed E-state index contributed by atoms with van der Waals surface area (Å²) in [5.74, 6) is 0.658. The number of carbonyl (C=O) groups excluding carboxylic acids is 1. The van der Waals surface area contributed by atoms with E-state index in [9.17, 15) is 4.79 Å². The van der Waals surface area contributed by atoms with Crippen molar-refractivity contribution < 1.29 is 4.79 Å². The lowest BCUT2D eigenvalue weighted by Gasteiger charge is -2.30. The van der Waals surface area contributed by atoms with E-state index in [1.165, 1.54) is 43.2 Å². The summed E-state index contributed by atoms with van der Waals surface area (Å²) < 4.78 is 0. The van der Waals surface area contributed by atoms with Gasteiger partial charge in [0.15, 0.2) is 0 Å². The first-order valence-corrected chi connectivity index (χ1v) is 12.3. The highest BCUT2D eigenvalue weighted by Crippen LogP contribution is 2.25. The first-order valence-electron chi connectivity index (χ1n) is 12.3. The van der Waals surface area contributed by atoms with Crippen LogP contribution >= 0.6 is 0 Å². The number of fused-ring (bicyclic) bond motifs is 1. The highest BCUT2D eigenvalue weighted by Gasteiger charge is 2.20. The second-order valence-corrected chi connectivity index (χ2v) is 9.41. The molecule has 3 nitrogen and oxygen atoms in total. The number of rotatable bonds is 6. The van der Waals surface area contributed by atoms with E-state index in [-0.39, 0.29) is 5.91 Å². The number of carbonyl (C=O) groups is 1. The van der Waals surface area contributed by atoms with E-state index >= 15 is 0 Å². The summed E-state index contributed by atoms with van der Waals surface area (Å²) in [6.45, 7) is 8.28. The minimum atomic E-state index is 0.273. The minimum absolute atomic E-state index is 0.273. The van der Waals surface area contributed by atoms with E-state index in [0.717, 1.165) is 44.7 Å². The molecule has 2 aromatic carbocycles. The van der Waals surface area contributed by atoms with Gasteiger partial charge in [-0.25, -0.2) is 0 Å². The molecule has 1 amide bonds. The zero-order valence-electron chi connectivity index (χ0n) is 19.6. The molecule has 0 aliphatic carbocycles. The number of nitrogens with zero attached hydrogens (tertiary/aromatic N) is 2. The molecule has 0 bridgehead atoms. The second kappa shape index (κ2) is 12.7. The van der Waals surface area contributed by atoms with Gasteiger partial charge in [0.2, 0.25) is 5.91 Å². The molecule has 3 rings (SSSR count). The van der Waals surface area contributed by atoms with Crippen molar-refractivity contribution in [2.45, 2.75) is 71.8 Å². The minimum Gasteiger partial charge on any atom is -0.312 e. The Labute approximate surface area is 189 Å². The molecule has 0 unspecified atom stereocenters. The van der Waals surface area contributed by atoms with E-state index in [1.807, 2.05) is 0 Å². The largest absolute Gasteiger partial charge is 0.312 e. The van der Waals surface area contributed by atoms with Crippen LogP contribution in [0.5, 0.6) is 0 Å². The topological polar surface area (TPSA) is 23.6 Å². The quantitative estimate of drug-likeness (QED) is 0.535. The Kier molecular flexibility index (Phi) is 9.61. The van der Waals surface area contributed by atoms with Gasteiger partial charge < -0.3 is 4.90 Å². The summed E-state index contributed by atoms with van der Waals surface area (Å²) >= 11 is 0. The molecule has 0 spiro atoms. The highest BCUT2D eigenvalue weighted by molar-refractivity contribution is 5.94. The molecule has 0 fully saturated rings. The molecule has 0 saturated heterocycles. The Morgan fingerprint density at radius 2 is 1.55 bits per heavy atom. The number of anilines is 1. The first kappa shape index (κ1) is 23.5. The molecule has 0 aromatic heterocycles. The zero-order chi connectivity index (χ0) is 21.9. The maximum Gasteiger partial charge on any atom is 0.227 e. The first-order chi connectivity index (χ1) is 15.1. The summed E-state index contributed by atoms with van der Waals surface area (Å²) in [6.07, 6.45) is 9.04. The van der Waals surface area contributed by atoms with Gasteiger partial charge in [0.25, 0.3) is 0 Å². The number of aryl methyl sites for hydroxylation is 1. The smallest absolute Gasteiger partial charge is 0.227 e. The predicted molar refractivity (Wildman–Crippen MR) is 131 cm³/mol. The van der Waals surface area contributed by atoms with Gasteiger partial charge in [-0.15, -0.1) is 0 Å². The Morgan fingerprint density at radius 1 is 0.871 bits per heavy atom. The van der Waals surface area contributed by atoms with Crippen LogP contribution in [0.25, 0.3) is 0 Å². The molecule has 0 N–H and O–H groups in total. The molecule has 31 heavy (non-hydrogen) atoms. The standard InChI is InChI=1S/C28H40N2O/c1-24(2)22-28(31)30-21-12-5-3-4-11-19-29(23-26-17-9-10-18-27(26)30)20-13-16-25-14-7-6-8-15-25/h6-10,14-15,17-18,24H,3-5,11-13,16,19-23H2,1-2H3. The van der Waals surface area contributed by atoms with E-state index in [1.54, 1.807) is 0 Å². The normalized spacial score (nSPS) is 16.4. The molecular weight excluding hydrogens is 380 g/mol. The van der Waals surface area contributed by atoms with Crippen LogP contribution in [0.3, 0.4) is 0 Å². The average molecular weight is 421 g/mol. The van der Waals surface area contributed by atoms with Crippen molar-refractivity contribution in [1.82, 2.24) is 4.90 Å². The zero-order valence-corrected chi connectivity index (χ0v) is 19.6. The molecule has 0 saturated carbocycles. The Hall–Kier alpha value is -2.13. The van der Waals surface area contributed by atoms with Crippen molar-refractivity contribution in [3.8, 4) is 0 Å².